The molecule has 9 heteroatoms. The maximum absolute atomic E-state index is 12.8. The Morgan fingerprint density at radius 3 is 2.63 bits per heavy atom. The summed E-state index contributed by atoms with van der Waals surface area (Å²) in [4.78, 5) is 50.4. The van der Waals surface area contributed by atoms with Crippen molar-refractivity contribution in [1.29, 1.82) is 0 Å². The number of rotatable bonds is 5. The van der Waals surface area contributed by atoms with E-state index in [1.165, 1.54) is 24.3 Å². The highest BCUT2D eigenvalue weighted by molar-refractivity contribution is 6.22. The molecule has 0 aromatic heterocycles. The summed E-state index contributed by atoms with van der Waals surface area (Å²) in [7, 11) is 0. The van der Waals surface area contributed by atoms with Crippen LogP contribution in [0.5, 0.6) is 0 Å². The van der Waals surface area contributed by atoms with Crippen LogP contribution in [-0.2, 0) is 19.1 Å². The summed E-state index contributed by atoms with van der Waals surface area (Å²) in [5.74, 6) is -1.15. The molecule has 2 fully saturated rings. The highest BCUT2D eigenvalue weighted by atomic mass is 16.6. The van der Waals surface area contributed by atoms with Crippen molar-refractivity contribution in [1.82, 2.24) is 4.90 Å². The van der Waals surface area contributed by atoms with Gasteiger partial charge < -0.3 is 4.74 Å². The number of nitro groups is 1. The number of ether oxygens (including phenoxy) is 1. The molecule has 2 amide bonds. The van der Waals surface area contributed by atoms with Crippen LogP contribution in [0.25, 0.3) is 0 Å². The van der Waals surface area contributed by atoms with Crippen molar-refractivity contribution in [3.8, 4) is 0 Å². The maximum Gasteiger partial charge on any atom is 0.309 e. The fourth-order valence-electron chi connectivity index (χ4n) is 3.63. The average molecular weight is 375 g/mol. The fourth-order valence-corrected chi connectivity index (χ4v) is 3.63. The SMILES string of the molecule is CCOC(=O)C1CCN([C@@H]2CC(=O)N(c3cccc([N+](=O)[O-])c3)C2=O)CC1. The molecule has 0 N–H and O–H groups in total. The average Bonchev–Trinajstić information content (AvgIpc) is 2.96. The van der Waals surface area contributed by atoms with Crippen molar-refractivity contribution < 1.29 is 24.0 Å². The molecule has 3 rings (SSSR count). The molecule has 0 spiro atoms. The number of amides is 2. The zero-order valence-electron chi connectivity index (χ0n) is 15.0. The molecule has 2 saturated heterocycles. The topological polar surface area (TPSA) is 110 Å². The Bertz CT molecular complexity index is 772. The van der Waals surface area contributed by atoms with Crippen LogP contribution in [0.2, 0.25) is 0 Å². The molecule has 0 bridgehead atoms. The van der Waals surface area contributed by atoms with Gasteiger partial charge in [-0.1, -0.05) is 6.07 Å². The van der Waals surface area contributed by atoms with Crippen LogP contribution < -0.4 is 4.90 Å². The number of carbonyl (C=O) groups is 3. The molecule has 27 heavy (non-hydrogen) atoms. The normalized spacial score (nSPS) is 21.5. The van der Waals surface area contributed by atoms with Gasteiger partial charge in [-0.2, -0.15) is 0 Å². The third-order valence-electron chi connectivity index (χ3n) is 5.01. The lowest BCUT2D eigenvalue weighted by Gasteiger charge is -2.33. The first-order valence-electron chi connectivity index (χ1n) is 8.94. The van der Waals surface area contributed by atoms with Crippen molar-refractivity contribution in [2.45, 2.75) is 32.2 Å². The predicted molar refractivity (Wildman–Crippen MR) is 94.9 cm³/mol. The molecule has 1 atom stereocenters. The molecule has 0 radical (unpaired) electrons. The van der Waals surface area contributed by atoms with Crippen molar-refractivity contribution >= 4 is 29.2 Å². The van der Waals surface area contributed by atoms with Crippen LogP contribution in [-0.4, -0.2) is 53.3 Å². The van der Waals surface area contributed by atoms with Crippen molar-refractivity contribution in [3.05, 3.63) is 34.4 Å². The van der Waals surface area contributed by atoms with E-state index in [2.05, 4.69) is 0 Å². The van der Waals surface area contributed by atoms with Crippen LogP contribution in [0.1, 0.15) is 26.2 Å². The Morgan fingerprint density at radius 2 is 2.00 bits per heavy atom. The van der Waals surface area contributed by atoms with Crippen molar-refractivity contribution in [2.24, 2.45) is 5.92 Å². The minimum absolute atomic E-state index is 0.0333. The number of nitro benzene ring substituents is 1. The predicted octanol–water partition coefficient (Wildman–Crippen LogP) is 1.50. The largest absolute Gasteiger partial charge is 0.466 e. The monoisotopic (exact) mass is 375 g/mol. The quantitative estimate of drug-likeness (QED) is 0.332. The van der Waals surface area contributed by atoms with Gasteiger partial charge in [0.05, 0.1) is 35.6 Å². The van der Waals surface area contributed by atoms with E-state index >= 15 is 0 Å². The second-order valence-corrected chi connectivity index (χ2v) is 6.63. The lowest BCUT2D eigenvalue weighted by molar-refractivity contribution is -0.384. The molecule has 9 nitrogen and oxygen atoms in total. The molecule has 2 aliphatic heterocycles. The van der Waals surface area contributed by atoms with Crippen LogP contribution in [0.3, 0.4) is 0 Å². The van der Waals surface area contributed by atoms with Gasteiger partial charge in [0.15, 0.2) is 0 Å². The molecule has 0 unspecified atom stereocenters. The van der Waals surface area contributed by atoms with Crippen LogP contribution >= 0.6 is 0 Å². The zero-order chi connectivity index (χ0) is 19.6. The van der Waals surface area contributed by atoms with Gasteiger partial charge in [-0.3, -0.25) is 29.4 Å². The zero-order valence-corrected chi connectivity index (χ0v) is 15.0. The number of piperidine rings is 1. The molecular formula is C18H21N3O6. The summed E-state index contributed by atoms with van der Waals surface area (Å²) in [5, 5.41) is 10.9. The van der Waals surface area contributed by atoms with Crippen LogP contribution in [0.4, 0.5) is 11.4 Å². The number of carbonyl (C=O) groups excluding carboxylic acids is 3. The Morgan fingerprint density at radius 1 is 1.30 bits per heavy atom. The van der Waals surface area contributed by atoms with E-state index in [4.69, 9.17) is 4.74 Å². The second kappa shape index (κ2) is 7.83. The number of benzene rings is 1. The Balaban J connectivity index is 1.69. The molecule has 0 aliphatic carbocycles. The Labute approximate surface area is 156 Å². The van der Waals surface area contributed by atoms with Gasteiger partial charge in [-0.25, -0.2) is 4.90 Å². The number of hydrogen-bond donors (Lipinski definition) is 0. The minimum atomic E-state index is -0.597. The first-order valence-corrected chi connectivity index (χ1v) is 8.94. The van der Waals surface area contributed by atoms with Crippen molar-refractivity contribution in [3.63, 3.8) is 0 Å². The number of imide groups is 1. The summed E-state index contributed by atoms with van der Waals surface area (Å²) in [6.45, 7) is 3.15. The lowest BCUT2D eigenvalue weighted by atomic mass is 9.95. The van der Waals surface area contributed by atoms with E-state index in [-0.39, 0.29) is 41.5 Å². The smallest absolute Gasteiger partial charge is 0.309 e. The van der Waals surface area contributed by atoms with Crippen molar-refractivity contribution in [2.75, 3.05) is 24.6 Å². The van der Waals surface area contributed by atoms with E-state index in [0.29, 0.717) is 32.5 Å². The van der Waals surface area contributed by atoms with Gasteiger partial charge in [-0.05, 0) is 38.9 Å². The van der Waals surface area contributed by atoms with Gasteiger partial charge in [0, 0.05) is 12.1 Å². The summed E-state index contributed by atoms with van der Waals surface area (Å²) in [6.07, 6.45) is 1.19. The third-order valence-corrected chi connectivity index (χ3v) is 5.01. The summed E-state index contributed by atoms with van der Waals surface area (Å²) < 4.78 is 5.04. The molecule has 1 aromatic rings. The number of esters is 1. The Kier molecular flexibility index (Phi) is 5.50. The summed E-state index contributed by atoms with van der Waals surface area (Å²) >= 11 is 0. The van der Waals surface area contributed by atoms with Gasteiger partial charge in [-0.15, -0.1) is 0 Å². The van der Waals surface area contributed by atoms with E-state index < -0.39 is 11.0 Å². The van der Waals surface area contributed by atoms with Crippen LogP contribution in [0.15, 0.2) is 24.3 Å². The second-order valence-electron chi connectivity index (χ2n) is 6.63. The van der Waals surface area contributed by atoms with E-state index in [1.807, 2.05) is 4.90 Å². The number of hydrogen-bond acceptors (Lipinski definition) is 7. The molecule has 1 aromatic carbocycles. The highest BCUT2D eigenvalue weighted by Crippen LogP contribution is 2.30. The van der Waals surface area contributed by atoms with Gasteiger partial charge in [0.1, 0.15) is 0 Å². The van der Waals surface area contributed by atoms with Gasteiger partial charge in [0.25, 0.3) is 11.6 Å². The Hall–Kier alpha value is -2.81. The molecule has 2 heterocycles. The summed E-state index contributed by atoms with van der Waals surface area (Å²) in [5.41, 5.74) is 0.0370. The molecule has 144 valence electrons. The van der Waals surface area contributed by atoms with Crippen LogP contribution in [0, 0.1) is 16.0 Å². The lowest BCUT2D eigenvalue weighted by Crippen LogP contribution is -2.47. The van der Waals surface area contributed by atoms with E-state index in [9.17, 15) is 24.5 Å². The molecular weight excluding hydrogens is 354 g/mol. The number of anilines is 1. The number of likely N-dealkylation sites (tertiary alicyclic amines) is 1. The number of non-ortho nitro benzene ring substituents is 1. The summed E-state index contributed by atoms with van der Waals surface area (Å²) in [6, 6.07) is 4.90. The van der Waals surface area contributed by atoms with Gasteiger partial charge >= 0.3 is 5.97 Å². The van der Waals surface area contributed by atoms with E-state index in [1.54, 1.807) is 6.92 Å². The molecule has 0 saturated carbocycles. The first kappa shape index (κ1) is 19.0. The minimum Gasteiger partial charge on any atom is -0.466 e. The standard InChI is InChI=1S/C18H21N3O6/c1-2-27-18(24)12-6-8-19(9-7-12)15-11-16(22)20(17(15)23)13-4-3-5-14(10-13)21(25)26/h3-5,10,12,15H,2,6-9,11H2,1H3/t15-/m1/s1. The third kappa shape index (κ3) is 3.82. The molecule has 2 aliphatic rings. The van der Waals surface area contributed by atoms with Gasteiger partial charge in [0.2, 0.25) is 5.91 Å². The van der Waals surface area contributed by atoms with E-state index in [0.717, 1.165) is 4.90 Å². The maximum atomic E-state index is 12.8. The first-order chi connectivity index (χ1) is 12.9. The highest BCUT2D eigenvalue weighted by Gasteiger charge is 2.44. The fraction of sp³-hybridized carbons (Fsp3) is 0.500. The number of nitrogens with zero attached hydrogens (tertiary/aromatic N) is 3.